The van der Waals surface area contributed by atoms with Gasteiger partial charge in [0.15, 0.2) is 30.1 Å². The molecular weight excluding hydrogens is 276 g/mol. The fourth-order valence-corrected chi connectivity index (χ4v) is 2.96. The van der Waals surface area contributed by atoms with Crippen molar-refractivity contribution in [3.8, 4) is 0 Å². The van der Waals surface area contributed by atoms with Gasteiger partial charge in [-0.25, -0.2) is 0 Å². The third-order valence-corrected chi connectivity index (χ3v) is 3.73. The first kappa shape index (κ1) is 15.0. The summed E-state index contributed by atoms with van der Waals surface area (Å²) in [6.45, 7) is 11.4. The number of hydrogen-bond donors (Lipinski definition) is 0. The standard InChI is InChI=1S/C15H22O6/c1-6-7-16-11-10(9-8-17-14(2,3)19-9)18-13-12(11)20-15(4,5)21-13/h7,9-13H,1,8H2,2-5H3/t9-,10-,11+,12-,13-/m1/s1. The van der Waals surface area contributed by atoms with Crippen molar-refractivity contribution in [3.05, 3.63) is 18.6 Å². The van der Waals surface area contributed by atoms with Gasteiger partial charge < -0.3 is 28.4 Å². The van der Waals surface area contributed by atoms with Crippen molar-refractivity contribution in [1.29, 1.82) is 0 Å². The highest BCUT2D eigenvalue weighted by molar-refractivity contribution is 4.99. The van der Waals surface area contributed by atoms with E-state index in [0.717, 1.165) is 0 Å². The summed E-state index contributed by atoms with van der Waals surface area (Å²) in [6, 6.07) is 0. The van der Waals surface area contributed by atoms with E-state index in [-0.39, 0.29) is 24.4 Å². The van der Waals surface area contributed by atoms with Crippen molar-refractivity contribution in [2.24, 2.45) is 0 Å². The Bertz CT molecular complexity index is 453. The van der Waals surface area contributed by atoms with Crippen LogP contribution < -0.4 is 0 Å². The average Bonchev–Trinajstić information content (AvgIpc) is 2.96. The smallest absolute Gasteiger partial charge is 0.191 e. The van der Waals surface area contributed by atoms with Gasteiger partial charge in [0.1, 0.15) is 18.5 Å². The molecule has 3 aliphatic rings. The lowest BCUT2D eigenvalue weighted by Gasteiger charge is -2.28. The molecule has 6 heteroatoms. The van der Waals surface area contributed by atoms with Crippen LogP contribution in [0.3, 0.4) is 0 Å². The molecule has 3 rings (SSSR count). The summed E-state index contributed by atoms with van der Waals surface area (Å²) in [5, 5.41) is 0. The van der Waals surface area contributed by atoms with E-state index in [9.17, 15) is 0 Å². The van der Waals surface area contributed by atoms with Crippen molar-refractivity contribution in [3.63, 3.8) is 0 Å². The number of ether oxygens (including phenoxy) is 6. The highest BCUT2D eigenvalue weighted by Gasteiger charge is 2.59. The second kappa shape index (κ2) is 5.09. The van der Waals surface area contributed by atoms with Crippen molar-refractivity contribution in [2.75, 3.05) is 6.61 Å². The van der Waals surface area contributed by atoms with E-state index in [1.54, 1.807) is 0 Å². The Kier molecular flexibility index (Phi) is 3.64. The molecule has 0 aromatic carbocycles. The molecule has 0 saturated carbocycles. The normalized spacial score (nSPS) is 43.3. The molecule has 0 radical (unpaired) electrons. The fraction of sp³-hybridized carbons (Fsp3) is 0.800. The first-order valence-corrected chi connectivity index (χ1v) is 7.14. The van der Waals surface area contributed by atoms with Gasteiger partial charge in [0.25, 0.3) is 0 Å². The van der Waals surface area contributed by atoms with Gasteiger partial charge in [0.2, 0.25) is 0 Å². The molecule has 3 heterocycles. The Morgan fingerprint density at radius 3 is 2.48 bits per heavy atom. The van der Waals surface area contributed by atoms with Crippen LogP contribution in [0.25, 0.3) is 0 Å². The molecule has 0 aromatic heterocycles. The molecule has 21 heavy (non-hydrogen) atoms. The van der Waals surface area contributed by atoms with Gasteiger partial charge in [-0.3, -0.25) is 0 Å². The Balaban J connectivity index is 1.76. The third kappa shape index (κ3) is 2.88. The minimum atomic E-state index is -0.688. The number of fused-ring (bicyclic) bond motifs is 1. The van der Waals surface area contributed by atoms with Crippen LogP contribution in [0.5, 0.6) is 0 Å². The molecule has 0 unspecified atom stereocenters. The molecule has 118 valence electrons. The zero-order valence-electron chi connectivity index (χ0n) is 12.8. The van der Waals surface area contributed by atoms with Crippen LogP contribution in [0.4, 0.5) is 0 Å². The minimum Gasteiger partial charge on any atom is -0.484 e. The molecule has 0 spiro atoms. The van der Waals surface area contributed by atoms with Crippen LogP contribution in [0, 0.1) is 0 Å². The Hall–Kier alpha value is -0.880. The number of hydrogen-bond acceptors (Lipinski definition) is 6. The second-order valence-electron chi connectivity index (χ2n) is 6.36. The molecule has 0 bridgehead atoms. The van der Waals surface area contributed by atoms with Crippen molar-refractivity contribution < 1.29 is 28.4 Å². The van der Waals surface area contributed by atoms with Crippen LogP contribution in [0.1, 0.15) is 27.7 Å². The molecule has 0 amide bonds. The summed E-state index contributed by atoms with van der Waals surface area (Å²) >= 11 is 0. The quantitative estimate of drug-likeness (QED) is 0.584. The van der Waals surface area contributed by atoms with E-state index in [0.29, 0.717) is 6.61 Å². The van der Waals surface area contributed by atoms with Gasteiger partial charge in [0.05, 0.1) is 6.61 Å². The van der Waals surface area contributed by atoms with Gasteiger partial charge in [-0.15, -0.1) is 0 Å². The topological polar surface area (TPSA) is 55.4 Å². The Morgan fingerprint density at radius 2 is 1.86 bits per heavy atom. The van der Waals surface area contributed by atoms with E-state index in [1.165, 1.54) is 6.26 Å². The Labute approximate surface area is 124 Å². The molecule has 3 saturated heterocycles. The summed E-state index contributed by atoms with van der Waals surface area (Å²) in [7, 11) is 0. The maximum atomic E-state index is 5.96. The van der Waals surface area contributed by atoms with Gasteiger partial charge in [-0.2, -0.15) is 0 Å². The van der Waals surface area contributed by atoms with Gasteiger partial charge in [0, 0.05) is 0 Å². The fourth-order valence-electron chi connectivity index (χ4n) is 2.96. The van der Waals surface area contributed by atoms with E-state index < -0.39 is 17.9 Å². The molecular formula is C15H22O6. The van der Waals surface area contributed by atoms with Gasteiger partial charge in [-0.1, -0.05) is 12.3 Å². The predicted octanol–water partition coefficient (Wildman–Crippen LogP) is 1.70. The summed E-state index contributed by atoms with van der Waals surface area (Å²) in [6.07, 6.45) is -0.290. The largest absolute Gasteiger partial charge is 0.484 e. The van der Waals surface area contributed by atoms with Crippen molar-refractivity contribution in [2.45, 2.75) is 70.0 Å². The Morgan fingerprint density at radius 1 is 1.10 bits per heavy atom. The molecule has 6 nitrogen and oxygen atoms in total. The zero-order chi connectivity index (χ0) is 15.3. The molecule has 0 aromatic rings. The van der Waals surface area contributed by atoms with E-state index >= 15 is 0 Å². The number of rotatable bonds is 3. The maximum Gasteiger partial charge on any atom is 0.191 e. The van der Waals surface area contributed by atoms with E-state index in [2.05, 4.69) is 12.3 Å². The van der Waals surface area contributed by atoms with Crippen LogP contribution >= 0.6 is 0 Å². The summed E-state index contributed by atoms with van der Waals surface area (Å²) in [4.78, 5) is 0. The van der Waals surface area contributed by atoms with Crippen LogP contribution in [-0.2, 0) is 28.4 Å². The average molecular weight is 298 g/mol. The van der Waals surface area contributed by atoms with Crippen LogP contribution in [0.15, 0.2) is 18.6 Å². The lowest BCUT2D eigenvalue weighted by Crippen LogP contribution is -2.43. The first-order valence-electron chi connectivity index (χ1n) is 7.14. The van der Waals surface area contributed by atoms with E-state index in [4.69, 9.17) is 28.4 Å². The summed E-state index contributed by atoms with van der Waals surface area (Å²) in [5.41, 5.74) is 2.60. The van der Waals surface area contributed by atoms with Gasteiger partial charge >= 0.3 is 0 Å². The SMILES string of the molecule is C=C=CO[C@@H]1[C@H]2OC(C)(C)O[C@H]2O[C@@H]1[C@H]1COC(C)(C)O1. The molecule has 0 N–H and O–H groups in total. The monoisotopic (exact) mass is 298 g/mol. The molecule has 0 aliphatic carbocycles. The highest BCUT2D eigenvalue weighted by atomic mass is 16.8. The summed E-state index contributed by atoms with van der Waals surface area (Å²) in [5.74, 6) is -1.31. The molecule has 3 fully saturated rings. The lowest BCUT2D eigenvalue weighted by atomic mass is 10.1. The summed E-state index contributed by atoms with van der Waals surface area (Å²) < 4.78 is 34.8. The zero-order valence-corrected chi connectivity index (χ0v) is 12.8. The highest BCUT2D eigenvalue weighted by Crippen LogP contribution is 2.41. The van der Waals surface area contributed by atoms with Gasteiger partial charge in [-0.05, 0) is 27.7 Å². The molecule has 5 atom stereocenters. The van der Waals surface area contributed by atoms with Crippen molar-refractivity contribution >= 4 is 0 Å². The lowest BCUT2D eigenvalue weighted by molar-refractivity contribution is -0.232. The van der Waals surface area contributed by atoms with Crippen LogP contribution in [0.2, 0.25) is 0 Å². The predicted molar refractivity (Wildman–Crippen MR) is 72.2 cm³/mol. The minimum absolute atomic E-state index is 0.232. The van der Waals surface area contributed by atoms with E-state index in [1.807, 2.05) is 27.7 Å². The third-order valence-electron chi connectivity index (χ3n) is 3.73. The van der Waals surface area contributed by atoms with Crippen LogP contribution in [-0.4, -0.2) is 48.9 Å². The first-order chi connectivity index (χ1) is 9.81. The molecule has 3 aliphatic heterocycles. The van der Waals surface area contributed by atoms with Crippen molar-refractivity contribution in [1.82, 2.24) is 0 Å². The maximum absolute atomic E-state index is 5.96. The second-order valence-corrected chi connectivity index (χ2v) is 6.36.